The second kappa shape index (κ2) is 3.46. The van der Waals surface area contributed by atoms with Gasteiger partial charge in [0.15, 0.2) is 0 Å². The summed E-state index contributed by atoms with van der Waals surface area (Å²) in [6.45, 7) is -0.162. The number of rotatable bonds is 2. The Morgan fingerprint density at radius 2 is 2.09 bits per heavy atom. The van der Waals surface area contributed by atoms with Gasteiger partial charge in [-0.2, -0.15) is 0 Å². The van der Waals surface area contributed by atoms with Crippen LogP contribution in [0.25, 0.3) is 0 Å². The van der Waals surface area contributed by atoms with Gasteiger partial charge in [-0.05, 0) is 0 Å². The van der Waals surface area contributed by atoms with E-state index in [4.69, 9.17) is 15.3 Å². The predicted octanol–water partition coefficient (Wildman–Crippen LogP) is -2.97. The molecule has 0 spiro atoms. The van der Waals surface area contributed by atoms with Gasteiger partial charge in [-0.1, -0.05) is 0 Å². The van der Waals surface area contributed by atoms with Crippen LogP contribution in [0.5, 0.6) is 0 Å². The maximum absolute atomic E-state index is 9.18. The molecule has 1 fully saturated rings. The monoisotopic (exact) mass is 163 g/mol. The topological polar surface area (TPSA) is 93.0 Å². The summed E-state index contributed by atoms with van der Waals surface area (Å²) in [6, 6.07) is -0.616. The molecule has 5 N–H and O–H groups in total. The first-order valence-electron chi connectivity index (χ1n) is 3.55. The average Bonchev–Trinajstić information content (AvgIpc) is 2.32. The molecule has 0 aliphatic carbocycles. The van der Waals surface area contributed by atoms with Gasteiger partial charge in [0.25, 0.3) is 0 Å². The normalized spacial score (nSPS) is 40.9. The Labute approximate surface area is 64.3 Å². The molecule has 0 unspecified atom stereocenters. The third kappa shape index (κ3) is 1.69. The summed E-state index contributed by atoms with van der Waals surface area (Å²) in [4.78, 5) is 0. The Kier molecular flexibility index (Phi) is 2.80. The molecule has 0 aromatic carbocycles. The van der Waals surface area contributed by atoms with Gasteiger partial charge in [0.1, 0.15) is 0 Å². The molecule has 1 aliphatic heterocycles. The van der Waals surface area contributed by atoms with Gasteiger partial charge in [-0.3, -0.25) is 0 Å². The maximum Gasteiger partial charge on any atom is 0.0990 e. The Morgan fingerprint density at radius 1 is 1.45 bits per heavy atom. The number of hydrogen-bond donors (Lipinski definition) is 5. The lowest BCUT2D eigenvalue weighted by atomic mass is 10.1. The molecule has 5 nitrogen and oxygen atoms in total. The van der Waals surface area contributed by atoms with E-state index in [1.807, 2.05) is 0 Å². The number of nitrogens with one attached hydrogen (secondary N) is 1. The minimum Gasteiger partial charge on any atom is -0.394 e. The zero-order chi connectivity index (χ0) is 8.43. The molecule has 1 heterocycles. The highest BCUT2D eigenvalue weighted by Crippen LogP contribution is 2.10. The van der Waals surface area contributed by atoms with Gasteiger partial charge < -0.3 is 25.7 Å². The third-order valence-electron chi connectivity index (χ3n) is 1.93. The largest absolute Gasteiger partial charge is 0.394 e. The molecular formula is C6H13NO4. The summed E-state index contributed by atoms with van der Waals surface area (Å²) in [5.74, 6) is 0. The average molecular weight is 163 g/mol. The highest BCUT2D eigenvalue weighted by atomic mass is 16.3. The summed E-state index contributed by atoms with van der Waals surface area (Å²) in [5.41, 5.74) is 0. The van der Waals surface area contributed by atoms with Gasteiger partial charge in [0.05, 0.1) is 31.0 Å². The molecule has 1 aliphatic rings. The summed E-state index contributed by atoms with van der Waals surface area (Å²) < 4.78 is 0. The van der Waals surface area contributed by atoms with E-state index in [-0.39, 0.29) is 6.54 Å². The molecule has 4 atom stereocenters. The Balaban J connectivity index is 2.47. The number of aliphatic hydroxyl groups excluding tert-OH is 4. The lowest BCUT2D eigenvalue weighted by molar-refractivity contribution is -0.00977. The van der Waals surface area contributed by atoms with Crippen molar-refractivity contribution in [1.29, 1.82) is 0 Å². The number of hydrogen-bond acceptors (Lipinski definition) is 5. The quantitative estimate of drug-likeness (QED) is 0.300. The SMILES string of the molecule is OC[C@@H](O)[C@@H]1NC[C@H](O)[C@@H]1O. The highest BCUT2D eigenvalue weighted by molar-refractivity contribution is 4.94. The Morgan fingerprint density at radius 3 is 2.45 bits per heavy atom. The highest BCUT2D eigenvalue weighted by Gasteiger charge is 2.36. The van der Waals surface area contributed by atoms with Crippen LogP contribution in [0.2, 0.25) is 0 Å². The summed E-state index contributed by atoms with van der Waals surface area (Å²) in [6.07, 6.45) is -2.85. The van der Waals surface area contributed by atoms with Gasteiger partial charge >= 0.3 is 0 Å². The van der Waals surface area contributed by atoms with Crippen molar-refractivity contribution in [2.75, 3.05) is 13.2 Å². The van der Waals surface area contributed by atoms with Gasteiger partial charge in [0, 0.05) is 6.54 Å². The van der Waals surface area contributed by atoms with Crippen molar-refractivity contribution >= 4 is 0 Å². The fourth-order valence-corrected chi connectivity index (χ4v) is 1.21. The van der Waals surface area contributed by atoms with Crippen LogP contribution in [-0.4, -0.2) is 57.9 Å². The summed E-state index contributed by atoms with van der Waals surface area (Å²) in [7, 11) is 0. The Bertz CT molecular complexity index is 132. The smallest absolute Gasteiger partial charge is 0.0990 e. The summed E-state index contributed by atoms with van der Waals surface area (Å²) >= 11 is 0. The van der Waals surface area contributed by atoms with Gasteiger partial charge in [-0.15, -0.1) is 0 Å². The van der Waals surface area contributed by atoms with E-state index in [1.165, 1.54) is 0 Å². The van der Waals surface area contributed by atoms with Crippen molar-refractivity contribution in [1.82, 2.24) is 5.32 Å². The molecule has 0 aromatic rings. The minimum atomic E-state index is -1.01. The first kappa shape index (κ1) is 8.89. The van der Waals surface area contributed by atoms with Gasteiger partial charge in [0.2, 0.25) is 0 Å². The standard InChI is InChI=1S/C6H13NO4/c8-2-4(10)5-6(11)3(9)1-7-5/h3-11H,1-2H2/t3-,4+,5-,6-/m0/s1. The second-order valence-corrected chi connectivity index (χ2v) is 2.74. The van der Waals surface area contributed by atoms with E-state index in [0.717, 1.165) is 0 Å². The van der Waals surface area contributed by atoms with E-state index >= 15 is 0 Å². The van der Waals surface area contributed by atoms with E-state index in [1.54, 1.807) is 0 Å². The van der Waals surface area contributed by atoms with Crippen molar-refractivity contribution < 1.29 is 20.4 Å². The zero-order valence-electron chi connectivity index (χ0n) is 6.01. The molecule has 0 bridgehead atoms. The van der Waals surface area contributed by atoms with Gasteiger partial charge in [-0.25, -0.2) is 0 Å². The van der Waals surface area contributed by atoms with Crippen molar-refractivity contribution in [2.24, 2.45) is 0 Å². The van der Waals surface area contributed by atoms with Crippen molar-refractivity contribution in [3.05, 3.63) is 0 Å². The van der Waals surface area contributed by atoms with Crippen LogP contribution >= 0.6 is 0 Å². The van der Waals surface area contributed by atoms with Crippen LogP contribution in [0.1, 0.15) is 0 Å². The summed E-state index contributed by atoms with van der Waals surface area (Å²) in [5, 5.41) is 38.5. The molecule has 0 amide bonds. The van der Waals surface area contributed by atoms with Crippen LogP contribution in [0, 0.1) is 0 Å². The number of β-amino-alcohol motifs (C(OH)–C–C–N with tert-alkyl or cyclic N) is 1. The number of aliphatic hydroxyl groups is 4. The maximum atomic E-state index is 9.18. The molecule has 5 heteroatoms. The van der Waals surface area contributed by atoms with Crippen molar-refractivity contribution in [3.8, 4) is 0 Å². The lowest BCUT2D eigenvalue weighted by Crippen LogP contribution is -2.44. The predicted molar refractivity (Wildman–Crippen MR) is 36.9 cm³/mol. The van der Waals surface area contributed by atoms with E-state index < -0.39 is 31.0 Å². The van der Waals surface area contributed by atoms with Crippen LogP contribution in [0.4, 0.5) is 0 Å². The molecule has 1 rings (SSSR count). The lowest BCUT2D eigenvalue weighted by Gasteiger charge is -2.19. The molecule has 0 radical (unpaired) electrons. The van der Waals surface area contributed by atoms with Crippen LogP contribution in [0.15, 0.2) is 0 Å². The Hall–Kier alpha value is -0.200. The molecule has 0 aromatic heterocycles. The van der Waals surface area contributed by atoms with Crippen LogP contribution < -0.4 is 5.32 Å². The van der Waals surface area contributed by atoms with Crippen LogP contribution in [0.3, 0.4) is 0 Å². The van der Waals surface area contributed by atoms with E-state index in [2.05, 4.69) is 5.32 Å². The first-order chi connectivity index (χ1) is 5.16. The minimum absolute atomic E-state index is 0.253. The molecule has 11 heavy (non-hydrogen) atoms. The molecule has 0 saturated carbocycles. The van der Waals surface area contributed by atoms with E-state index in [9.17, 15) is 5.11 Å². The molecule has 1 saturated heterocycles. The molecule has 66 valence electrons. The van der Waals surface area contributed by atoms with Crippen molar-refractivity contribution in [2.45, 2.75) is 24.4 Å². The van der Waals surface area contributed by atoms with Crippen LogP contribution in [-0.2, 0) is 0 Å². The third-order valence-corrected chi connectivity index (χ3v) is 1.93. The fraction of sp³-hybridized carbons (Fsp3) is 1.00. The molecular weight excluding hydrogens is 150 g/mol. The fourth-order valence-electron chi connectivity index (χ4n) is 1.21. The zero-order valence-corrected chi connectivity index (χ0v) is 6.01. The second-order valence-electron chi connectivity index (χ2n) is 2.74. The van der Waals surface area contributed by atoms with Crippen molar-refractivity contribution in [3.63, 3.8) is 0 Å². The first-order valence-corrected chi connectivity index (χ1v) is 3.55. The van der Waals surface area contributed by atoms with E-state index in [0.29, 0.717) is 0 Å².